The van der Waals surface area contributed by atoms with Crippen molar-refractivity contribution in [1.82, 2.24) is 0 Å². The lowest BCUT2D eigenvalue weighted by atomic mass is 10.1. The quantitative estimate of drug-likeness (QED) is 0.869. The Bertz CT molecular complexity index is 407. The number of rotatable bonds is 3. The fourth-order valence-corrected chi connectivity index (χ4v) is 1.74. The van der Waals surface area contributed by atoms with E-state index in [1.807, 2.05) is 6.07 Å². The maximum absolute atomic E-state index is 11.5. The molecule has 0 unspecified atom stereocenters. The predicted octanol–water partition coefficient (Wildman–Crippen LogP) is 3.47. The molecule has 0 aliphatic heterocycles. The molecule has 0 spiro atoms. The summed E-state index contributed by atoms with van der Waals surface area (Å²) >= 11 is 9.20. The van der Waals surface area contributed by atoms with E-state index in [1.165, 1.54) is 7.11 Å². The lowest BCUT2D eigenvalue weighted by Crippen LogP contribution is -2.41. The molecule has 5 heteroatoms. The van der Waals surface area contributed by atoms with Crippen molar-refractivity contribution in [2.24, 2.45) is 0 Å². The summed E-state index contributed by atoms with van der Waals surface area (Å²) in [7, 11) is 1.36. The van der Waals surface area contributed by atoms with Crippen LogP contribution in [0.25, 0.3) is 0 Å². The van der Waals surface area contributed by atoms with E-state index >= 15 is 0 Å². The van der Waals surface area contributed by atoms with Gasteiger partial charge in [-0.3, -0.25) is 0 Å². The van der Waals surface area contributed by atoms with Gasteiger partial charge in [0.1, 0.15) is 5.54 Å². The number of benzene rings is 1. The highest BCUT2D eigenvalue weighted by Crippen LogP contribution is 2.27. The molecule has 0 amide bonds. The average Bonchev–Trinajstić information content (AvgIpc) is 2.22. The van der Waals surface area contributed by atoms with Gasteiger partial charge in [0.05, 0.1) is 12.1 Å². The van der Waals surface area contributed by atoms with Gasteiger partial charge >= 0.3 is 5.97 Å². The van der Waals surface area contributed by atoms with Crippen molar-refractivity contribution < 1.29 is 9.53 Å². The first-order chi connectivity index (χ1) is 7.36. The molecule has 0 aliphatic carbocycles. The van der Waals surface area contributed by atoms with E-state index in [1.54, 1.807) is 26.0 Å². The van der Waals surface area contributed by atoms with Crippen LogP contribution in [0.5, 0.6) is 0 Å². The van der Waals surface area contributed by atoms with Crippen LogP contribution in [0.4, 0.5) is 5.69 Å². The molecule has 0 saturated carbocycles. The van der Waals surface area contributed by atoms with Gasteiger partial charge in [0.15, 0.2) is 0 Å². The number of carbonyl (C=O) groups is 1. The number of halogens is 2. The highest BCUT2D eigenvalue weighted by molar-refractivity contribution is 9.10. The number of esters is 1. The van der Waals surface area contributed by atoms with Crippen molar-refractivity contribution in [3.63, 3.8) is 0 Å². The summed E-state index contributed by atoms with van der Waals surface area (Å²) in [5, 5.41) is 3.70. The molecule has 0 fully saturated rings. The summed E-state index contributed by atoms with van der Waals surface area (Å²) < 4.78 is 5.48. The van der Waals surface area contributed by atoms with Gasteiger partial charge in [-0.25, -0.2) is 4.79 Å². The van der Waals surface area contributed by atoms with Crippen LogP contribution in [0.2, 0.25) is 5.02 Å². The third-order valence-corrected chi connectivity index (χ3v) is 3.29. The molecular formula is C11H13BrClNO2. The molecule has 0 atom stereocenters. The van der Waals surface area contributed by atoms with Gasteiger partial charge in [-0.2, -0.15) is 0 Å². The summed E-state index contributed by atoms with van der Waals surface area (Å²) in [6, 6.07) is 5.37. The van der Waals surface area contributed by atoms with Crippen LogP contribution in [0.1, 0.15) is 13.8 Å². The number of hydrogen-bond donors (Lipinski definition) is 1. The average molecular weight is 307 g/mol. The molecule has 0 saturated heterocycles. The largest absolute Gasteiger partial charge is 0.467 e. The van der Waals surface area contributed by atoms with Crippen LogP contribution in [0.15, 0.2) is 22.7 Å². The summed E-state index contributed by atoms with van der Waals surface area (Å²) in [5.41, 5.74) is 0.0221. The van der Waals surface area contributed by atoms with E-state index in [0.29, 0.717) is 5.02 Å². The second kappa shape index (κ2) is 5.06. The molecule has 16 heavy (non-hydrogen) atoms. The van der Waals surface area contributed by atoms with E-state index in [-0.39, 0.29) is 5.97 Å². The number of hydrogen-bond acceptors (Lipinski definition) is 3. The first-order valence-corrected chi connectivity index (χ1v) is 5.85. The molecular weight excluding hydrogens is 293 g/mol. The third kappa shape index (κ3) is 3.12. The first kappa shape index (κ1) is 13.3. The maximum atomic E-state index is 11.5. The van der Waals surface area contributed by atoms with Crippen LogP contribution in [0.3, 0.4) is 0 Å². The Morgan fingerprint density at radius 3 is 2.62 bits per heavy atom. The molecule has 1 aromatic carbocycles. The minimum atomic E-state index is -0.776. The van der Waals surface area contributed by atoms with E-state index < -0.39 is 5.54 Å². The number of ether oxygens (including phenoxy) is 1. The molecule has 0 aliphatic rings. The second-order valence-electron chi connectivity index (χ2n) is 3.87. The van der Waals surface area contributed by atoms with E-state index in [4.69, 9.17) is 16.3 Å². The Balaban J connectivity index is 2.88. The predicted molar refractivity (Wildman–Crippen MR) is 68.9 cm³/mol. The number of methoxy groups -OCH3 is 1. The van der Waals surface area contributed by atoms with Crippen LogP contribution in [-0.2, 0) is 9.53 Å². The summed E-state index contributed by atoms with van der Waals surface area (Å²) in [4.78, 5) is 11.5. The second-order valence-corrected chi connectivity index (χ2v) is 5.13. The van der Waals surface area contributed by atoms with Gasteiger partial charge in [0, 0.05) is 10.2 Å². The van der Waals surface area contributed by atoms with Gasteiger partial charge in [-0.05, 0) is 48.0 Å². The SMILES string of the molecule is COC(=O)C(C)(C)Nc1ccc(Cl)c(Br)c1. The Morgan fingerprint density at radius 2 is 2.12 bits per heavy atom. The molecule has 88 valence electrons. The minimum Gasteiger partial charge on any atom is -0.467 e. The maximum Gasteiger partial charge on any atom is 0.330 e. The molecule has 0 bridgehead atoms. The zero-order chi connectivity index (χ0) is 12.3. The summed E-state index contributed by atoms with van der Waals surface area (Å²) in [6.45, 7) is 3.50. The van der Waals surface area contributed by atoms with Gasteiger partial charge in [-0.15, -0.1) is 0 Å². The number of carbonyl (C=O) groups excluding carboxylic acids is 1. The van der Waals surface area contributed by atoms with Crippen LogP contribution in [0, 0.1) is 0 Å². The zero-order valence-corrected chi connectivity index (χ0v) is 11.6. The van der Waals surface area contributed by atoms with Crippen molar-refractivity contribution in [3.05, 3.63) is 27.7 Å². The molecule has 1 N–H and O–H groups in total. The Hall–Kier alpha value is -0.740. The Kier molecular flexibility index (Phi) is 4.21. The molecule has 3 nitrogen and oxygen atoms in total. The monoisotopic (exact) mass is 305 g/mol. The number of anilines is 1. The van der Waals surface area contributed by atoms with Gasteiger partial charge < -0.3 is 10.1 Å². The van der Waals surface area contributed by atoms with Crippen molar-refractivity contribution in [3.8, 4) is 0 Å². The van der Waals surface area contributed by atoms with E-state index in [2.05, 4.69) is 21.2 Å². The standard InChI is InChI=1S/C11H13BrClNO2/c1-11(2,10(15)16-3)14-7-4-5-9(13)8(12)6-7/h4-6,14H,1-3H3. The van der Waals surface area contributed by atoms with Crippen molar-refractivity contribution in [1.29, 1.82) is 0 Å². The van der Waals surface area contributed by atoms with Crippen molar-refractivity contribution >= 4 is 39.2 Å². The molecule has 1 rings (SSSR count). The van der Waals surface area contributed by atoms with Crippen molar-refractivity contribution in [2.45, 2.75) is 19.4 Å². The molecule has 0 radical (unpaired) electrons. The zero-order valence-electron chi connectivity index (χ0n) is 9.30. The van der Waals surface area contributed by atoms with Gasteiger partial charge in [-0.1, -0.05) is 11.6 Å². The fourth-order valence-electron chi connectivity index (χ4n) is 1.24. The van der Waals surface area contributed by atoms with E-state index in [0.717, 1.165) is 10.2 Å². The Morgan fingerprint density at radius 1 is 1.50 bits per heavy atom. The molecule has 0 heterocycles. The summed E-state index contributed by atoms with van der Waals surface area (Å²) in [5.74, 6) is -0.321. The lowest BCUT2D eigenvalue weighted by molar-refractivity contribution is -0.144. The smallest absolute Gasteiger partial charge is 0.330 e. The van der Waals surface area contributed by atoms with Crippen LogP contribution >= 0.6 is 27.5 Å². The highest BCUT2D eigenvalue weighted by atomic mass is 79.9. The van der Waals surface area contributed by atoms with E-state index in [9.17, 15) is 4.79 Å². The first-order valence-electron chi connectivity index (χ1n) is 4.68. The molecule has 1 aromatic rings. The van der Waals surface area contributed by atoms with Crippen molar-refractivity contribution in [2.75, 3.05) is 12.4 Å². The Labute approximate surface area is 108 Å². The number of nitrogens with one attached hydrogen (secondary N) is 1. The summed E-state index contributed by atoms with van der Waals surface area (Å²) in [6.07, 6.45) is 0. The molecule has 0 aromatic heterocycles. The highest BCUT2D eigenvalue weighted by Gasteiger charge is 2.28. The lowest BCUT2D eigenvalue weighted by Gasteiger charge is -2.24. The van der Waals surface area contributed by atoms with Crippen LogP contribution < -0.4 is 5.32 Å². The van der Waals surface area contributed by atoms with Gasteiger partial charge in [0.25, 0.3) is 0 Å². The van der Waals surface area contributed by atoms with Crippen LogP contribution in [-0.4, -0.2) is 18.6 Å². The van der Waals surface area contributed by atoms with Gasteiger partial charge in [0.2, 0.25) is 0 Å². The minimum absolute atomic E-state index is 0.321. The normalized spacial score (nSPS) is 11.1. The fraction of sp³-hybridized carbons (Fsp3) is 0.364. The topological polar surface area (TPSA) is 38.3 Å². The third-order valence-electron chi connectivity index (χ3n) is 2.07.